The minimum absolute atomic E-state index is 0.0604. The molecule has 1 amide bonds. The molecule has 0 aromatic rings. The summed E-state index contributed by atoms with van der Waals surface area (Å²) in [5.41, 5.74) is 0. The molecule has 6 nitrogen and oxygen atoms in total. The number of nitrogens with one attached hydrogen (secondary N) is 1. The van der Waals surface area contributed by atoms with Gasteiger partial charge in [-0.2, -0.15) is 0 Å². The molecule has 0 aliphatic carbocycles. The number of ketones is 2. The molecule has 0 aromatic heterocycles. The maximum absolute atomic E-state index is 12.0. The number of hydrogen-bond acceptors (Lipinski definition) is 4. The van der Waals surface area contributed by atoms with E-state index in [1.54, 1.807) is 20.8 Å². The Balaban J connectivity index is 4.43. The lowest BCUT2D eigenvalue weighted by Gasteiger charge is -2.19. The zero-order valence-corrected chi connectivity index (χ0v) is 13.1. The average Bonchev–Trinajstić information content (AvgIpc) is 2.38. The first-order chi connectivity index (χ1) is 9.68. The number of rotatable bonds is 10. The lowest BCUT2D eigenvalue weighted by molar-refractivity contribution is -0.138. The molecule has 3 atom stereocenters. The molecule has 0 unspecified atom stereocenters. The summed E-state index contributed by atoms with van der Waals surface area (Å²) in [7, 11) is 0. The van der Waals surface area contributed by atoms with Crippen molar-refractivity contribution in [2.24, 2.45) is 11.8 Å². The second kappa shape index (κ2) is 9.26. The Hall–Kier alpha value is -1.72. The predicted molar refractivity (Wildman–Crippen MR) is 77.7 cm³/mol. The van der Waals surface area contributed by atoms with E-state index in [1.807, 2.05) is 0 Å². The van der Waals surface area contributed by atoms with Crippen LogP contribution in [0.3, 0.4) is 0 Å². The number of carbonyl (C=O) groups excluding carboxylic acids is 3. The zero-order chi connectivity index (χ0) is 16.6. The second-order valence-electron chi connectivity index (χ2n) is 5.45. The first kappa shape index (κ1) is 19.3. The van der Waals surface area contributed by atoms with E-state index in [0.29, 0.717) is 6.42 Å². The molecule has 0 saturated heterocycles. The van der Waals surface area contributed by atoms with Crippen molar-refractivity contribution >= 4 is 23.4 Å². The minimum atomic E-state index is -0.944. The number of carboxylic acid groups (broad SMARTS) is 1. The standard InChI is InChI=1S/C15H25NO5/c1-5-12(6-7-14(19)20)15(21)16-10(3)13(18)8-9(2)11(4)17/h9-10,12H,5-8H2,1-4H3,(H,16,21)(H,19,20)/t9-,10+,12+/m1/s1. The van der Waals surface area contributed by atoms with Crippen molar-refractivity contribution in [3.63, 3.8) is 0 Å². The quantitative estimate of drug-likeness (QED) is 0.637. The number of hydrogen-bond donors (Lipinski definition) is 2. The first-order valence-electron chi connectivity index (χ1n) is 7.24. The predicted octanol–water partition coefficient (Wildman–Crippen LogP) is 1.57. The minimum Gasteiger partial charge on any atom is -0.481 e. The van der Waals surface area contributed by atoms with E-state index in [9.17, 15) is 19.2 Å². The van der Waals surface area contributed by atoms with Crippen LogP contribution in [0.5, 0.6) is 0 Å². The van der Waals surface area contributed by atoms with Crippen LogP contribution in [0.4, 0.5) is 0 Å². The smallest absolute Gasteiger partial charge is 0.303 e. The maximum atomic E-state index is 12.0. The van der Waals surface area contributed by atoms with Crippen molar-refractivity contribution in [3.8, 4) is 0 Å². The molecule has 0 aromatic carbocycles. The van der Waals surface area contributed by atoms with Gasteiger partial charge >= 0.3 is 5.97 Å². The van der Waals surface area contributed by atoms with Gasteiger partial charge in [-0.25, -0.2) is 0 Å². The maximum Gasteiger partial charge on any atom is 0.303 e. The summed E-state index contributed by atoms with van der Waals surface area (Å²) in [6.07, 6.45) is 0.796. The summed E-state index contributed by atoms with van der Waals surface area (Å²) in [5, 5.41) is 11.2. The third-order valence-corrected chi connectivity index (χ3v) is 3.61. The number of carboxylic acids is 1. The van der Waals surface area contributed by atoms with Gasteiger partial charge in [0.15, 0.2) is 5.78 Å². The molecule has 0 rings (SSSR count). The second-order valence-corrected chi connectivity index (χ2v) is 5.45. The molecule has 0 aliphatic heterocycles. The molecular weight excluding hydrogens is 274 g/mol. The van der Waals surface area contributed by atoms with Gasteiger partial charge in [-0.1, -0.05) is 13.8 Å². The molecule has 0 radical (unpaired) electrons. The Kier molecular flexibility index (Phi) is 8.50. The molecule has 0 spiro atoms. The summed E-state index contributed by atoms with van der Waals surface area (Å²) in [6, 6.07) is -0.668. The van der Waals surface area contributed by atoms with Gasteiger partial charge in [0.2, 0.25) is 5.91 Å². The average molecular weight is 299 g/mol. The molecule has 6 heteroatoms. The van der Waals surface area contributed by atoms with Gasteiger partial charge in [0.05, 0.1) is 6.04 Å². The van der Waals surface area contributed by atoms with Crippen LogP contribution in [0.1, 0.15) is 53.4 Å². The number of carbonyl (C=O) groups is 4. The van der Waals surface area contributed by atoms with E-state index in [4.69, 9.17) is 5.11 Å². The van der Waals surface area contributed by atoms with Crippen molar-refractivity contribution in [1.82, 2.24) is 5.32 Å². The molecule has 0 bridgehead atoms. The van der Waals surface area contributed by atoms with Crippen molar-refractivity contribution in [1.29, 1.82) is 0 Å². The van der Waals surface area contributed by atoms with Gasteiger partial charge in [0.25, 0.3) is 0 Å². The van der Waals surface area contributed by atoms with Crippen molar-refractivity contribution in [2.75, 3.05) is 0 Å². The molecule has 2 N–H and O–H groups in total. The van der Waals surface area contributed by atoms with Gasteiger partial charge < -0.3 is 10.4 Å². The zero-order valence-electron chi connectivity index (χ0n) is 13.1. The summed E-state index contributed by atoms with van der Waals surface area (Å²) in [6.45, 7) is 6.49. The fraction of sp³-hybridized carbons (Fsp3) is 0.733. The van der Waals surface area contributed by atoms with Gasteiger partial charge in [-0.05, 0) is 26.7 Å². The van der Waals surface area contributed by atoms with E-state index in [2.05, 4.69) is 5.32 Å². The molecule has 0 aliphatic rings. The van der Waals surface area contributed by atoms with Crippen molar-refractivity contribution in [2.45, 2.75) is 59.4 Å². The third kappa shape index (κ3) is 7.58. The van der Waals surface area contributed by atoms with E-state index in [1.165, 1.54) is 6.92 Å². The molecular formula is C15H25NO5. The van der Waals surface area contributed by atoms with Crippen molar-refractivity contribution < 1.29 is 24.3 Å². The van der Waals surface area contributed by atoms with Gasteiger partial charge in [0, 0.05) is 24.7 Å². The lowest BCUT2D eigenvalue weighted by atomic mass is 9.96. The van der Waals surface area contributed by atoms with Crippen LogP contribution in [0.15, 0.2) is 0 Å². The van der Waals surface area contributed by atoms with E-state index < -0.39 is 17.9 Å². The van der Waals surface area contributed by atoms with Gasteiger partial charge in [-0.3, -0.25) is 19.2 Å². The molecule has 120 valence electrons. The highest BCUT2D eigenvalue weighted by molar-refractivity contribution is 5.92. The Morgan fingerprint density at radius 1 is 1.14 bits per heavy atom. The largest absolute Gasteiger partial charge is 0.481 e. The summed E-state index contributed by atoms with van der Waals surface area (Å²) >= 11 is 0. The number of amides is 1. The fourth-order valence-corrected chi connectivity index (χ4v) is 1.85. The summed E-state index contributed by atoms with van der Waals surface area (Å²) in [5.74, 6) is -2.28. The summed E-state index contributed by atoms with van der Waals surface area (Å²) < 4.78 is 0. The fourth-order valence-electron chi connectivity index (χ4n) is 1.85. The Morgan fingerprint density at radius 2 is 1.71 bits per heavy atom. The molecule has 0 heterocycles. The molecule has 0 fully saturated rings. The van der Waals surface area contributed by atoms with Crippen LogP contribution in [0.2, 0.25) is 0 Å². The third-order valence-electron chi connectivity index (χ3n) is 3.61. The highest BCUT2D eigenvalue weighted by Crippen LogP contribution is 2.12. The van der Waals surface area contributed by atoms with Crippen LogP contribution >= 0.6 is 0 Å². The molecule has 21 heavy (non-hydrogen) atoms. The van der Waals surface area contributed by atoms with Crippen molar-refractivity contribution in [3.05, 3.63) is 0 Å². The van der Waals surface area contributed by atoms with Gasteiger partial charge in [0.1, 0.15) is 5.78 Å². The van der Waals surface area contributed by atoms with Gasteiger partial charge in [-0.15, -0.1) is 0 Å². The Bertz CT molecular complexity index is 405. The monoisotopic (exact) mass is 299 g/mol. The van der Waals surface area contributed by atoms with E-state index in [0.717, 1.165) is 0 Å². The summed E-state index contributed by atoms with van der Waals surface area (Å²) in [4.78, 5) is 45.6. The van der Waals surface area contributed by atoms with Crippen LogP contribution in [-0.4, -0.2) is 34.6 Å². The highest BCUT2D eigenvalue weighted by atomic mass is 16.4. The van der Waals surface area contributed by atoms with E-state index in [-0.39, 0.29) is 42.7 Å². The Morgan fingerprint density at radius 3 is 2.14 bits per heavy atom. The van der Waals surface area contributed by atoms with Crippen LogP contribution in [0.25, 0.3) is 0 Å². The Labute approximate surface area is 125 Å². The number of Topliss-reactive ketones (excluding diaryl/α,β-unsaturated/α-hetero) is 2. The van der Waals surface area contributed by atoms with Crippen LogP contribution in [0, 0.1) is 11.8 Å². The highest BCUT2D eigenvalue weighted by Gasteiger charge is 2.23. The topological polar surface area (TPSA) is 101 Å². The normalized spacial score (nSPS) is 14.9. The first-order valence-corrected chi connectivity index (χ1v) is 7.24. The molecule has 0 saturated carbocycles. The van der Waals surface area contributed by atoms with E-state index >= 15 is 0 Å². The van der Waals surface area contributed by atoms with Crippen LogP contribution in [-0.2, 0) is 19.2 Å². The SMILES string of the molecule is CC[C@@H](CCC(=O)O)C(=O)N[C@@H](C)C(=O)C[C@@H](C)C(C)=O. The van der Waals surface area contributed by atoms with Crippen LogP contribution < -0.4 is 5.32 Å². The number of aliphatic carboxylic acids is 1. The lowest BCUT2D eigenvalue weighted by Crippen LogP contribution is -2.42.